The number of hydrogen-bond donors (Lipinski definition) is 0. The zero-order chi connectivity index (χ0) is 22.5. The van der Waals surface area contributed by atoms with E-state index in [0.717, 1.165) is 22.1 Å². The normalized spacial score (nSPS) is 11.5. The maximum absolute atomic E-state index is 4.52. The van der Waals surface area contributed by atoms with Crippen LogP contribution in [0.1, 0.15) is 0 Å². The number of hydrogen-bond acceptors (Lipinski definition) is 2. The van der Waals surface area contributed by atoms with Crippen molar-refractivity contribution >= 4 is 65.2 Å². The second-order valence-electron chi connectivity index (χ2n) is 8.62. The fourth-order valence-electron chi connectivity index (χ4n) is 5.12. The topological polar surface area (TPSA) is 25.8 Å². The average Bonchev–Trinajstić information content (AvgIpc) is 2.91. The van der Waals surface area contributed by atoms with E-state index in [2.05, 4.69) is 82.8 Å². The van der Waals surface area contributed by atoms with Gasteiger partial charge in [-0.3, -0.25) is 0 Å². The van der Waals surface area contributed by atoms with E-state index in [1.807, 2.05) is 48.5 Å². The summed E-state index contributed by atoms with van der Waals surface area (Å²) in [5.74, 6) is 0. The van der Waals surface area contributed by atoms with E-state index in [1.165, 1.54) is 43.1 Å². The van der Waals surface area contributed by atoms with E-state index >= 15 is 0 Å². The van der Waals surface area contributed by atoms with E-state index in [9.17, 15) is 0 Å². The van der Waals surface area contributed by atoms with Crippen LogP contribution >= 0.6 is 0 Å². The number of benzene rings is 7. The van der Waals surface area contributed by atoms with Crippen LogP contribution in [0.3, 0.4) is 0 Å². The molecule has 0 unspecified atom stereocenters. The zero-order valence-electron chi connectivity index (χ0n) is 18.4. The molecular formula is C32H20N2. The summed E-state index contributed by atoms with van der Waals surface area (Å²) in [6.45, 7) is 0. The smallest absolute Gasteiger partial charge is 0.0894 e. The molecule has 0 aliphatic heterocycles. The number of para-hydroxylation sites is 4. The summed E-state index contributed by atoms with van der Waals surface area (Å²) in [7, 11) is 0. The van der Waals surface area contributed by atoms with E-state index in [0.29, 0.717) is 0 Å². The van der Waals surface area contributed by atoms with Gasteiger partial charge in [0, 0.05) is 0 Å². The molecule has 0 atom stereocenters. The highest BCUT2D eigenvalue weighted by Crippen LogP contribution is 2.40. The van der Waals surface area contributed by atoms with Crippen LogP contribution in [0, 0.1) is 0 Å². The highest BCUT2D eigenvalue weighted by molar-refractivity contribution is 6.33. The van der Waals surface area contributed by atoms with Crippen LogP contribution in [0.25, 0.3) is 65.2 Å². The molecule has 0 spiro atoms. The molecule has 1 aromatic heterocycles. The third kappa shape index (κ3) is 2.89. The van der Waals surface area contributed by atoms with Crippen LogP contribution in [0.4, 0.5) is 0 Å². The maximum atomic E-state index is 4.52. The van der Waals surface area contributed by atoms with Crippen molar-refractivity contribution in [3.63, 3.8) is 0 Å². The van der Waals surface area contributed by atoms with Gasteiger partial charge in [0.25, 0.3) is 0 Å². The van der Waals surface area contributed by atoms with Crippen LogP contribution in [0.2, 0.25) is 0 Å². The minimum atomic E-state index is 0.950. The standard InChI is InChI=1S/C20H12.C12H8N2/c1-2-8-16-15(7-1)17-9-3-5-13-11-12-14-6-4-10-18(16)20(14)19(13)17;1-2-6-10-9(5-1)13-11-7-3-4-8-12(11)14-10/h1-12H;1-8H. The Hall–Kier alpha value is -4.56. The summed E-state index contributed by atoms with van der Waals surface area (Å²) in [6, 6.07) is 42.3. The van der Waals surface area contributed by atoms with Crippen LogP contribution in [-0.4, -0.2) is 9.97 Å². The first-order chi connectivity index (χ1) is 16.9. The quantitative estimate of drug-likeness (QED) is 0.177. The van der Waals surface area contributed by atoms with Crippen LogP contribution in [0.15, 0.2) is 121 Å². The van der Waals surface area contributed by atoms with Gasteiger partial charge in [-0.2, -0.15) is 0 Å². The lowest BCUT2D eigenvalue weighted by atomic mass is 9.89. The zero-order valence-corrected chi connectivity index (χ0v) is 18.4. The van der Waals surface area contributed by atoms with Crippen molar-refractivity contribution in [3.05, 3.63) is 121 Å². The summed E-state index contributed by atoms with van der Waals surface area (Å²) in [4.78, 5) is 9.03. The fourth-order valence-corrected chi connectivity index (χ4v) is 5.12. The molecule has 0 bridgehead atoms. The lowest BCUT2D eigenvalue weighted by Crippen LogP contribution is -1.86. The van der Waals surface area contributed by atoms with E-state index in [1.54, 1.807) is 0 Å². The predicted octanol–water partition coefficient (Wildman–Crippen LogP) is 8.52. The number of aromatic nitrogens is 2. The summed E-state index contributed by atoms with van der Waals surface area (Å²) >= 11 is 0. The number of rotatable bonds is 0. The summed E-state index contributed by atoms with van der Waals surface area (Å²) in [5.41, 5.74) is 3.80. The maximum Gasteiger partial charge on any atom is 0.0894 e. The molecule has 158 valence electrons. The monoisotopic (exact) mass is 432 g/mol. The highest BCUT2D eigenvalue weighted by Gasteiger charge is 2.11. The molecule has 7 aromatic carbocycles. The molecule has 8 rings (SSSR count). The Kier molecular flexibility index (Phi) is 4.18. The molecular weight excluding hydrogens is 412 g/mol. The SMILES string of the molecule is c1ccc2c(c1)c1cccc3ccc4cccc2c4c31.c1ccc2nc3ccccc3nc2c1. The predicted molar refractivity (Wildman–Crippen MR) is 145 cm³/mol. The molecule has 2 heteroatoms. The van der Waals surface area contributed by atoms with Gasteiger partial charge in [0.2, 0.25) is 0 Å². The van der Waals surface area contributed by atoms with E-state index in [4.69, 9.17) is 0 Å². The summed E-state index contributed by atoms with van der Waals surface area (Å²) < 4.78 is 0. The highest BCUT2D eigenvalue weighted by atomic mass is 14.8. The molecule has 0 aliphatic rings. The molecule has 1 heterocycles. The Balaban J connectivity index is 0.000000126. The Bertz CT molecular complexity index is 1780. The van der Waals surface area contributed by atoms with Gasteiger partial charge in [-0.25, -0.2) is 9.97 Å². The van der Waals surface area contributed by atoms with Gasteiger partial charge < -0.3 is 0 Å². The Morgan fingerprint density at radius 3 is 1.06 bits per heavy atom. The van der Waals surface area contributed by atoms with Gasteiger partial charge in [0.1, 0.15) is 0 Å². The minimum absolute atomic E-state index is 0.950. The van der Waals surface area contributed by atoms with Gasteiger partial charge >= 0.3 is 0 Å². The second-order valence-corrected chi connectivity index (χ2v) is 8.62. The molecule has 34 heavy (non-hydrogen) atoms. The molecule has 8 aromatic rings. The van der Waals surface area contributed by atoms with Crippen LogP contribution in [0.5, 0.6) is 0 Å². The summed E-state index contributed by atoms with van der Waals surface area (Å²) in [6.07, 6.45) is 0. The van der Waals surface area contributed by atoms with Crippen molar-refractivity contribution in [1.82, 2.24) is 9.97 Å². The molecule has 0 saturated heterocycles. The molecule has 0 amide bonds. The first kappa shape index (κ1) is 19.0. The van der Waals surface area contributed by atoms with Gasteiger partial charge in [0.15, 0.2) is 0 Å². The lowest BCUT2D eigenvalue weighted by molar-refractivity contribution is 1.39. The fraction of sp³-hybridized carbons (Fsp3) is 0. The van der Waals surface area contributed by atoms with Crippen molar-refractivity contribution in [2.75, 3.05) is 0 Å². The van der Waals surface area contributed by atoms with Crippen molar-refractivity contribution < 1.29 is 0 Å². The van der Waals surface area contributed by atoms with Gasteiger partial charge in [0.05, 0.1) is 22.1 Å². The molecule has 0 saturated carbocycles. The minimum Gasteiger partial charge on any atom is -0.245 e. The number of nitrogens with zero attached hydrogens (tertiary/aromatic N) is 2. The summed E-state index contributed by atoms with van der Waals surface area (Å²) in [5, 5.41) is 10.9. The Morgan fingerprint density at radius 1 is 0.294 bits per heavy atom. The molecule has 0 aliphatic carbocycles. The van der Waals surface area contributed by atoms with E-state index < -0.39 is 0 Å². The number of fused-ring (bicyclic) bond motifs is 5. The van der Waals surface area contributed by atoms with Crippen molar-refractivity contribution in [1.29, 1.82) is 0 Å². The van der Waals surface area contributed by atoms with Crippen LogP contribution < -0.4 is 0 Å². The average molecular weight is 433 g/mol. The first-order valence-corrected chi connectivity index (χ1v) is 11.5. The van der Waals surface area contributed by atoms with Crippen LogP contribution in [-0.2, 0) is 0 Å². The first-order valence-electron chi connectivity index (χ1n) is 11.5. The van der Waals surface area contributed by atoms with Gasteiger partial charge in [-0.15, -0.1) is 0 Å². The van der Waals surface area contributed by atoms with Gasteiger partial charge in [-0.1, -0.05) is 97.1 Å². The Morgan fingerprint density at radius 2 is 0.647 bits per heavy atom. The van der Waals surface area contributed by atoms with Crippen molar-refractivity contribution in [2.24, 2.45) is 0 Å². The van der Waals surface area contributed by atoms with Crippen molar-refractivity contribution in [3.8, 4) is 0 Å². The second kappa shape index (κ2) is 7.50. The third-order valence-corrected chi connectivity index (χ3v) is 6.64. The molecule has 0 fully saturated rings. The molecule has 0 N–H and O–H groups in total. The largest absolute Gasteiger partial charge is 0.245 e. The lowest BCUT2D eigenvalue weighted by Gasteiger charge is -2.14. The van der Waals surface area contributed by atoms with Crippen molar-refractivity contribution in [2.45, 2.75) is 0 Å². The Labute approximate surface area is 196 Å². The van der Waals surface area contributed by atoms with E-state index in [-0.39, 0.29) is 0 Å². The molecule has 0 radical (unpaired) electrons. The third-order valence-electron chi connectivity index (χ3n) is 6.64. The molecule has 2 nitrogen and oxygen atoms in total. The van der Waals surface area contributed by atoms with Gasteiger partial charge in [-0.05, 0) is 67.4 Å².